The van der Waals surface area contributed by atoms with Crippen molar-refractivity contribution in [1.29, 1.82) is 0 Å². The minimum Gasteiger partial charge on any atom is -0.121 e. The first-order chi connectivity index (χ1) is 9.93. The molecule has 1 heteroatoms. The van der Waals surface area contributed by atoms with Gasteiger partial charge in [0.15, 0.2) is 0 Å². The maximum absolute atomic E-state index is 2.22. The van der Waals surface area contributed by atoms with E-state index in [0.717, 1.165) is 5.75 Å². The molecular formula is C19H16S. The monoisotopic (exact) mass is 276 g/mol. The minimum atomic E-state index is 0.989. The summed E-state index contributed by atoms with van der Waals surface area (Å²) in [7, 11) is 0. The first-order valence-electron chi connectivity index (χ1n) is 6.76. The second kappa shape index (κ2) is 6.44. The fourth-order valence-electron chi connectivity index (χ4n) is 2.21. The zero-order valence-electron chi connectivity index (χ0n) is 11.2. The molecule has 0 aliphatic rings. The standard InChI is InChI=1S/C19H16S/c1-2-8-16(9-3-1)10-7-15-20-19-14-6-12-17-11-4-5-13-18(17)19/h1-14H,15H2/b10-7+. The predicted molar refractivity (Wildman–Crippen MR) is 90.1 cm³/mol. The minimum absolute atomic E-state index is 0.989. The third-order valence-corrected chi connectivity index (χ3v) is 4.22. The van der Waals surface area contributed by atoms with E-state index in [-0.39, 0.29) is 0 Å². The number of hydrogen-bond donors (Lipinski definition) is 0. The Hall–Kier alpha value is -1.99. The lowest BCUT2D eigenvalue weighted by Gasteiger charge is -2.04. The van der Waals surface area contributed by atoms with Crippen molar-refractivity contribution < 1.29 is 0 Å². The summed E-state index contributed by atoms with van der Waals surface area (Å²) in [6.45, 7) is 0. The highest BCUT2D eigenvalue weighted by Crippen LogP contribution is 2.27. The third-order valence-electron chi connectivity index (χ3n) is 3.19. The van der Waals surface area contributed by atoms with E-state index < -0.39 is 0 Å². The van der Waals surface area contributed by atoms with E-state index >= 15 is 0 Å². The topological polar surface area (TPSA) is 0 Å². The number of rotatable bonds is 4. The van der Waals surface area contributed by atoms with E-state index in [1.165, 1.54) is 21.2 Å². The fraction of sp³-hybridized carbons (Fsp3) is 0.0526. The van der Waals surface area contributed by atoms with Gasteiger partial charge in [-0.1, -0.05) is 78.9 Å². The lowest BCUT2D eigenvalue weighted by Crippen LogP contribution is -1.78. The van der Waals surface area contributed by atoms with Gasteiger partial charge in [-0.25, -0.2) is 0 Å². The van der Waals surface area contributed by atoms with Crippen molar-refractivity contribution in [2.75, 3.05) is 5.75 Å². The van der Waals surface area contributed by atoms with Crippen molar-refractivity contribution in [3.63, 3.8) is 0 Å². The van der Waals surface area contributed by atoms with Crippen LogP contribution in [0.2, 0.25) is 0 Å². The highest BCUT2D eigenvalue weighted by molar-refractivity contribution is 7.99. The SMILES string of the molecule is C(=C\c1ccccc1)/CSc1cccc2ccccc12. The van der Waals surface area contributed by atoms with Crippen molar-refractivity contribution in [3.8, 4) is 0 Å². The molecule has 0 amide bonds. The molecular weight excluding hydrogens is 260 g/mol. The first-order valence-corrected chi connectivity index (χ1v) is 7.74. The Morgan fingerprint density at radius 1 is 0.750 bits per heavy atom. The molecule has 3 aromatic rings. The molecule has 0 aliphatic heterocycles. The summed E-state index contributed by atoms with van der Waals surface area (Å²) in [6.07, 6.45) is 4.40. The van der Waals surface area contributed by atoms with Crippen LogP contribution in [0.5, 0.6) is 0 Å². The number of thioether (sulfide) groups is 1. The van der Waals surface area contributed by atoms with E-state index in [1.807, 2.05) is 17.8 Å². The van der Waals surface area contributed by atoms with Crippen molar-refractivity contribution in [1.82, 2.24) is 0 Å². The zero-order valence-corrected chi connectivity index (χ0v) is 12.0. The van der Waals surface area contributed by atoms with Gasteiger partial charge in [-0.05, 0) is 22.4 Å². The molecule has 20 heavy (non-hydrogen) atoms. The molecule has 98 valence electrons. The summed E-state index contributed by atoms with van der Waals surface area (Å²) in [5.74, 6) is 0.989. The molecule has 3 rings (SSSR count). The molecule has 0 aromatic heterocycles. The summed E-state index contributed by atoms with van der Waals surface area (Å²) in [5, 5.41) is 2.65. The van der Waals surface area contributed by atoms with Gasteiger partial charge in [0.25, 0.3) is 0 Å². The van der Waals surface area contributed by atoms with Gasteiger partial charge in [-0.3, -0.25) is 0 Å². The van der Waals surface area contributed by atoms with Crippen LogP contribution in [0.25, 0.3) is 16.8 Å². The van der Waals surface area contributed by atoms with E-state index in [1.54, 1.807) is 0 Å². The molecule has 0 bridgehead atoms. The van der Waals surface area contributed by atoms with Crippen LogP contribution in [0, 0.1) is 0 Å². The van der Waals surface area contributed by atoms with E-state index in [2.05, 4.69) is 78.9 Å². The highest BCUT2D eigenvalue weighted by atomic mass is 32.2. The molecule has 0 nitrogen and oxygen atoms in total. The summed E-state index contributed by atoms with van der Waals surface area (Å²) in [4.78, 5) is 1.35. The Kier molecular flexibility index (Phi) is 4.19. The Morgan fingerprint density at radius 3 is 2.40 bits per heavy atom. The molecule has 0 saturated carbocycles. The lowest BCUT2D eigenvalue weighted by molar-refractivity contribution is 1.54. The summed E-state index contributed by atoms with van der Waals surface area (Å²) in [5.41, 5.74) is 1.26. The van der Waals surface area contributed by atoms with Crippen molar-refractivity contribution in [3.05, 3.63) is 84.4 Å². The van der Waals surface area contributed by atoms with Gasteiger partial charge >= 0.3 is 0 Å². The van der Waals surface area contributed by atoms with Crippen LogP contribution in [0.15, 0.2) is 83.8 Å². The van der Waals surface area contributed by atoms with Gasteiger partial charge < -0.3 is 0 Å². The van der Waals surface area contributed by atoms with Gasteiger partial charge in [0.05, 0.1) is 0 Å². The van der Waals surface area contributed by atoms with Gasteiger partial charge in [-0.2, -0.15) is 0 Å². The van der Waals surface area contributed by atoms with Crippen molar-refractivity contribution in [2.24, 2.45) is 0 Å². The quantitative estimate of drug-likeness (QED) is 0.555. The molecule has 0 aliphatic carbocycles. The summed E-state index contributed by atoms with van der Waals surface area (Å²) in [6, 6.07) is 25.5. The second-order valence-electron chi connectivity index (χ2n) is 4.60. The van der Waals surface area contributed by atoms with Crippen molar-refractivity contribution in [2.45, 2.75) is 4.90 Å². The maximum atomic E-state index is 2.22. The average Bonchev–Trinajstić information content (AvgIpc) is 2.53. The van der Waals surface area contributed by atoms with Crippen LogP contribution in [-0.2, 0) is 0 Å². The normalized spacial score (nSPS) is 11.2. The number of fused-ring (bicyclic) bond motifs is 1. The molecule has 0 atom stereocenters. The van der Waals surface area contributed by atoms with Crippen LogP contribution < -0.4 is 0 Å². The Morgan fingerprint density at radius 2 is 1.50 bits per heavy atom. The molecule has 0 N–H and O–H groups in total. The molecule has 0 saturated heterocycles. The second-order valence-corrected chi connectivity index (χ2v) is 5.66. The van der Waals surface area contributed by atoms with Crippen LogP contribution >= 0.6 is 11.8 Å². The van der Waals surface area contributed by atoms with Crippen LogP contribution in [-0.4, -0.2) is 5.75 Å². The van der Waals surface area contributed by atoms with Crippen LogP contribution in [0.4, 0.5) is 0 Å². The Bertz CT molecular complexity index is 709. The van der Waals surface area contributed by atoms with E-state index in [4.69, 9.17) is 0 Å². The zero-order chi connectivity index (χ0) is 13.6. The molecule has 3 aromatic carbocycles. The number of hydrogen-bond acceptors (Lipinski definition) is 1. The summed E-state index contributed by atoms with van der Waals surface area (Å²) >= 11 is 1.88. The average molecular weight is 276 g/mol. The Balaban J connectivity index is 1.70. The first kappa shape index (κ1) is 13.0. The van der Waals surface area contributed by atoms with Gasteiger partial charge in [0.1, 0.15) is 0 Å². The molecule has 0 fully saturated rings. The van der Waals surface area contributed by atoms with Crippen molar-refractivity contribution >= 4 is 28.6 Å². The third kappa shape index (κ3) is 3.12. The Labute approximate surface area is 124 Å². The van der Waals surface area contributed by atoms with Crippen LogP contribution in [0.3, 0.4) is 0 Å². The molecule has 0 radical (unpaired) electrons. The smallest absolute Gasteiger partial charge is 0.0164 e. The largest absolute Gasteiger partial charge is 0.121 e. The van der Waals surface area contributed by atoms with Crippen LogP contribution in [0.1, 0.15) is 5.56 Å². The predicted octanol–water partition coefficient (Wildman–Crippen LogP) is 5.65. The molecule has 0 spiro atoms. The van der Waals surface area contributed by atoms with E-state index in [9.17, 15) is 0 Å². The van der Waals surface area contributed by atoms with Gasteiger partial charge in [0.2, 0.25) is 0 Å². The van der Waals surface area contributed by atoms with Gasteiger partial charge in [-0.15, -0.1) is 11.8 Å². The maximum Gasteiger partial charge on any atom is 0.0164 e. The fourth-order valence-corrected chi connectivity index (χ4v) is 3.10. The summed E-state index contributed by atoms with van der Waals surface area (Å²) < 4.78 is 0. The van der Waals surface area contributed by atoms with Gasteiger partial charge in [0, 0.05) is 10.6 Å². The molecule has 0 unspecified atom stereocenters. The number of benzene rings is 3. The highest BCUT2D eigenvalue weighted by Gasteiger charge is 1.99. The van der Waals surface area contributed by atoms with E-state index in [0.29, 0.717) is 0 Å². The lowest BCUT2D eigenvalue weighted by atomic mass is 10.1. The molecule has 0 heterocycles.